The van der Waals surface area contributed by atoms with Gasteiger partial charge >= 0.3 is 11.1 Å². The lowest BCUT2D eigenvalue weighted by Gasteiger charge is -2.18. The molecule has 0 bridgehead atoms. The maximum atomic E-state index is 12.6. The summed E-state index contributed by atoms with van der Waals surface area (Å²) in [4.78, 5) is 39.4. The molecule has 1 N–H and O–H groups in total. The van der Waals surface area contributed by atoms with Gasteiger partial charge in [0.1, 0.15) is 6.54 Å². The van der Waals surface area contributed by atoms with Crippen LogP contribution in [0.15, 0.2) is 52.1 Å². The normalized spacial score (nSPS) is 13.8. The second kappa shape index (κ2) is 7.88. The van der Waals surface area contributed by atoms with Crippen molar-refractivity contribution < 1.29 is 14.3 Å². The number of anilines is 2. The smallest absolute Gasteiger partial charge is 0.333 e. The highest BCUT2D eigenvalue weighted by Gasteiger charge is 2.26. The molecule has 10 heteroatoms. The fourth-order valence-corrected chi connectivity index (χ4v) is 3.75. The van der Waals surface area contributed by atoms with Crippen LogP contribution in [0.4, 0.5) is 11.6 Å². The zero-order chi connectivity index (χ0) is 22.2. The average molecular weight is 435 g/mol. The molecule has 0 atom stereocenters. The summed E-state index contributed by atoms with van der Waals surface area (Å²) < 4.78 is 12.9. The summed E-state index contributed by atoms with van der Waals surface area (Å²) in [7, 11) is 0. The number of hydrogen-bond acceptors (Lipinski definition) is 7. The second-order valence-electron chi connectivity index (χ2n) is 7.67. The summed E-state index contributed by atoms with van der Waals surface area (Å²) in [5.74, 6) is 1.20. The first-order chi connectivity index (χ1) is 15.5. The number of nitrogens with zero attached hydrogens (tertiary/aromatic N) is 4. The molecule has 2 aromatic carbocycles. The predicted molar refractivity (Wildman–Crippen MR) is 115 cm³/mol. The minimum atomic E-state index is -0.822. The zero-order valence-electron chi connectivity index (χ0n) is 17.4. The molecule has 10 nitrogen and oxygen atoms in total. The minimum absolute atomic E-state index is 0.174. The first-order valence-electron chi connectivity index (χ1n) is 10.2. The Morgan fingerprint density at radius 2 is 1.81 bits per heavy atom. The van der Waals surface area contributed by atoms with Gasteiger partial charge in [0.15, 0.2) is 11.5 Å². The number of aryl methyl sites for hydroxylation is 1. The van der Waals surface area contributed by atoms with Gasteiger partial charge in [-0.1, -0.05) is 23.8 Å². The first kappa shape index (κ1) is 19.9. The van der Waals surface area contributed by atoms with Gasteiger partial charge in [0.05, 0.1) is 0 Å². The Morgan fingerprint density at radius 1 is 1.03 bits per heavy atom. The second-order valence-corrected chi connectivity index (χ2v) is 7.67. The molecule has 1 aromatic heterocycles. The van der Waals surface area contributed by atoms with E-state index in [0.717, 1.165) is 21.5 Å². The van der Waals surface area contributed by atoms with Crippen LogP contribution >= 0.6 is 0 Å². The highest BCUT2D eigenvalue weighted by Crippen LogP contribution is 2.32. The molecular formula is C22H21N5O5. The number of ether oxygens (including phenoxy) is 2. The van der Waals surface area contributed by atoms with Gasteiger partial charge in [-0.3, -0.25) is 19.0 Å². The third kappa shape index (κ3) is 3.59. The number of nitrogens with one attached hydrogen (secondary N) is 1. The van der Waals surface area contributed by atoms with Crippen LogP contribution in [0.2, 0.25) is 0 Å². The summed E-state index contributed by atoms with van der Waals surface area (Å²) in [6.07, 6.45) is 0. The largest absolute Gasteiger partial charge is 0.454 e. The molecule has 1 amide bonds. The van der Waals surface area contributed by atoms with Crippen molar-refractivity contribution in [1.29, 1.82) is 0 Å². The van der Waals surface area contributed by atoms with Gasteiger partial charge in [0.25, 0.3) is 0 Å². The van der Waals surface area contributed by atoms with Gasteiger partial charge in [0, 0.05) is 25.3 Å². The summed E-state index contributed by atoms with van der Waals surface area (Å²) in [5.41, 5.74) is 1.29. The van der Waals surface area contributed by atoms with E-state index in [2.05, 4.69) is 10.4 Å². The number of carbonyl (C=O) groups is 1. The molecule has 3 aromatic rings. The van der Waals surface area contributed by atoms with E-state index in [0.29, 0.717) is 30.5 Å². The van der Waals surface area contributed by atoms with E-state index in [1.54, 1.807) is 12.1 Å². The third-order valence-electron chi connectivity index (χ3n) is 5.47. The van der Waals surface area contributed by atoms with Crippen molar-refractivity contribution in [2.75, 3.05) is 18.2 Å². The molecular weight excluding hydrogens is 414 g/mol. The average Bonchev–Trinajstić information content (AvgIpc) is 3.43. The molecule has 0 spiro atoms. The molecule has 0 unspecified atom stereocenters. The van der Waals surface area contributed by atoms with Crippen molar-refractivity contribution in [2.24, 2.45) is 0 Å². The van der Waals surface area contributed by atoms with Crippen molar-refractivity contribution in [2.45, 2.75) is 26.6 Å². The molecule has 0 aliphatic carbocycles. The summed E-state index contributed by atoms with van der Waals surface area (Å²) in [6.45, 7) is 2.93. The highest BCUT2D eigenvalue weighted by atomic mass is 16.7. The van der Waals surface area contributed by atoms with Crippen molar-refractivity contribution in [3.63, 3.8) is 0 Å². The first-order valence-corrected chi connectivity index (χ1v) is 10.2. The minimum Gasteiger partial charge on any atom is -0.454 e. The Kier molecular flexibility index (Phi) is 4.89. The molecule has 0 saturated heterocycles. The van der Waals surface area contributed by atoms with Crippen LogP contribution in [-0.2, 0) is 24.4 Å². The number of hydrogen-bond donors (Lipinski definition) is 1. The maximum Gasteiger partial charge on any atom is 0.333 e. The van der Waals surface area contributed by atoms with Gasteiger partial charge < -0.3 is 19.7 Å². The number of aromatic nitrogens is 3. The van der Waals surface area contributed by atoms with Crippen LogP contribution in [0, 0.1) is 6.92 Å². The number of rotatable bonds is 5. The van der Waals surface area contributed by atoms with Crippen LogP contribution in [0.5, 0.6) is 11.5 Å². The van der Waals surface area contributed by atoms with Crippen molar-refractivity contribution >= 4 is 17.5 Å². The third-order valence-corrected chi connectivity index (χ3v) is 5.47. The summed E-state index contributed by atoms with van der Waals surface area (Å²) >= 11 is 0. The predicted octanol–water partition coefficient (Wildman–Crippen LogP) is 0.910. The van der Waals surface area contributed by atoms with Crippen LogP contribution in [0.3, 0.4) is 0 Å². The van der Waals surface area contributed by atoms with Crippen molar-refractivity contribution in [1.82, 2.24) is 19.7 Å². The monoisotopic (exact) mass is 435 g/mol. The molecule has 0 radical (unpaired) electrons. The fourth-order valence-electron chi connectivity index (χ4n) is 3.75. The number of fused-ring (bicyclic) bond motifs is 2. The lowest BCUT2D eigenvalue weighted by atomic mass is 10.2. The fraction of sp³-hybridized carbons (Fsp3) is 0.273. The van der Waals surface area contributed by atoms with E-state index in [-0.39, 0.29) is 19.9 Å². The number of carbonyl (C=O) groups excluding carboxylic acids is 1. The molecule has 5 rings (SSSR count). The van der Waals surface area contributed by atoms with Crippen LogP contribution in [-0.4, -0.2) is 33.6 Å². The van der Waals surface area contributed by atoms with Gasteiger partial charge in [-0.15, -0.1) is 5.10 Å². The molecule has 2 aliphatic heterocycles. The molecule has 164 valence electrons. The topological polar surface area (TPSA) is 108 Å². The molecule has 0 saturated carbocycles. The summed E-state index contributed by atoms with van der Waals surface area (Å²) in [5, 5.41) is 7.08. The Hall–Kier alpha value is -4.08. The molecule has 32 heavy (non-hydrogen) atoms. The van der Waals surface area contributed by atoms with Crippen LogP contribution in [0.1, 0.15) is 11.1 Å². The van der Waals surface area contributed by atoms with Gasteiger partial charge in [-0.25, -0.2) is 4.68 Å². The quantitative estimate of drug-likeness (QED) is 0.594. The van der Waals surface area contributed by atoms with E-state index >= 15 is 0 Å². The molecule has 2 aliphatic rings. The Morgan fingerprint density at radius 3 is 2.62 bits per heavy atom. The van der Waals surface area contributed by atoms with E-state index in [1.807, 2.05) is 42.2 Å². The van der Waals surface area contributed by atoms with Gasteiger partial charge in [-0.05, 0) is 36.8 Å². The van der Waals surface area contributed by atoms with Gasteiger partial charge in [0.2, 0.25) is 18.6 Å². The van der Waals surface area contributed by atoms with Crippen LogP contribution < -0.4 is 30.8 Å². The standard InChI is InChI=1S/C22H21N5O5/c1-14-2-5-16(6-3-14)25-8-9-26-20(29)21(30)27(24-22(25)26)12-19(28)23-11-15-4-7-17-18(10-15)32-13-31-17/h2-7,10H,8-9,11-13H2,1H3,(H,23,28). The number of amides is 1. The Bertz CT molecular complexity index is 1310. The zero-order valence-corrected chi connectivity index (χ0v) is 17.4. The SMILES string of the molecule is Cc1ccc(N2CCn3c2nn(CC(=O)NCc2ccc4c(c2)OCO4)c(=O)c3=O)cc1. The van der Waals surface area contributed by atoms with Crippen LogP contribution in [0.25, 0.3) is 0 Å². The van der Waals surface area contributed by atoms with E-state index < -0.39 is 17.0 Å². The highest BCUT2D eigenvalue weighted by molar-refractivity contribution is 5.75. The Balaban J connectivity index is 1.34. The number of benzene rings is 2. The van der Waals surface area contributed by atoms with E-state index in [9.17, 15) is 14.4 Å². The van der Waals surface area contributed by atoms with Crippen molar-refractivity contribution in [3.8, 4) is 11.5 Å². The Labute approximate surface area is 182 Å². The lowest BCUT2D eigenvalue weighted by Crippen LogP contribution is -2.44. The van der Waals surface area contributed by atoms with E-state index in [4.69, 9.17) is 9.47 Å². The summed E-state index contributed by atoms with van der Waals surface area (Å²) in [6, 6.07) is 13.2. The van der Waals surface area contributed by atoms with Gasteiger partial charge in [-0.2, -0.15) is 0 Å². The molecule has 0 fully saturated rings. The molecule has 3 heterocycles. The van der Waals surface area contributed by atoms with E-state index in [1.165, 1.54) is 4.57 Å². The maximum absolute atomic E-state index is 12.6. The van der Waals surface area contributed by atoms with Crippen molar-refractivity contribution in [3.05, 3.63) is 74.3 Å². The lowest BCUT2D eigenvalue weighted by molar-refractivity contribution is -0.122.